The second-order valence-corrected chi connectivity index (χ2v) is 10.9. The van der Waals surface area contributed by atoms with Gasteiger partial charge in [-0.25, -0.2) is 23.5 Å². The molecule has 3 aromatic heterocycles. The van der Waals surface area contributed by atoms with Crippen LogP contribution >= 0.6 is 0 Å². The Kier molecular flexibility index (Phi) is 7.34. The Balaban J connectivity index is 1.69. The zero-order valence-corrected chi connectivity index (χ0v) is 23.0. The minimum atomic E-state index is -1.22. The zero-order chi connectivity index (χ0) is 28.8. The van der Waals surface area contributed by atoms with E-state index in [1.165, 1.54) is 16.7 Å². The van der Waals surface area contributed by atoms with Gasteiger partial charge in [0.05, 0.1) is 5.69 Å². The standard InChI is InChI=1S/C29H33F2N5O4/c1-17(2)36-26-24(27(38)34(28(36)39)12-5-13-37)35(16-19-6-8-20(30)9-7-19)25(33-26)22-10-11-23(32-18(22)3)40-21-14-29(4,31)15-21/h6-11,17,21,37H,5,12-16H2,1-4H3. The van der Waals surface area contributed by atoms with Crippen molar-refractivity contribution >= 4 is 11.2 Å². The lowest BCUT2D eigenvalue weighted by molar-refractivity contribution is -0.0311. The number of benzene rings is 1. The maximum Gasteiger partial charge on any atom is 0.332 e. The number of pyridine rings is 1. The van der Waals surface area contributed by atoms with Crippen molar-refractivity contribution in [1.29, 1.82) is 0 Å². The monoisotopic (exact) mass is 553 g/mol. The number of hydrogen-bond donors (Lipinski definition) is 1. The van der Waals surface area contributed by atoms with Crippen LogP contribution in [0.25, 0.3) is 22.6 Å². The predicted octanol–water partition coefficient (Wildman–Crippen LogP) is 4.15. The normalized spacial score (nSPS) is 18.9. The Bertz CT molecular complexity index is 1660. The highest BCUT2D eigenvalue weighted by Crippen LogP contribution is 2.38. The molecule has 0 amide bonds. The molecule has 0 aliphatic heterocycles. The third kappa shape index (κ3) is 5.17. The Hall–Kier alpha value is -3.86. The number of imidazole rings is 1. The number of fused-ring (bicyclic) bond motifs is 1. The minimum absolute atomic E-state index is 0.0552. The summed E-state index contributed by atoms with van der Waals surface area (Å²) in [5, 5.41) is 9.37. The third-order valence-electron chi connectivity index (χ3n) is 7.27. The van der Waals surface area contributed by atoms with Crippen molar-refractivity contribution in [1.82, 2.24) is 23.7 Å². The van der Waals surface area contributed by atoms with Crippen molar-refractivity contribution in [3.05, 3.63) is 74.3 Å². The molecule has 1 aromatic carbocycles. The summed E-state index contributed by atoms with van der Waals surface area (Å²) in [6, 6.07) is 9.12. The van der Waals surface area contributed by atoms with Crippen molar-refractivity contribution in [3.8, 4) is 17.3 Å². The molecular formula is C29H33F2N5O4. The second kappa shape index (κ2) is 10.6. The van der Waals surface area contributed by atoms with Crippen LogP contribution in [0.4, 0.5) is 8.78 Å². The van der Waals surface area contributed by atoms with Crippen LogP contribution in [0.3, 0.4) is 0 Å². The molecule has 4 aromatic rings. The van der Waals surface area contributed by atoms with Gasteiger partial charge in [0.25, 0.3) is 5.56 Å². The summed E-state index contributed by atoms with van der Waals surface area (Å²) in [6.07, 6.45) is 0.606. The molecule has 3 heterocycles. The van der Waals surface area contributed by atoms with Crippen molar-refractivity contribution in [2.45, 2.75) is 77.9 Å². The van der Waals surface area contributed by atoms with Gasteiger partial charge in [0.1, 0.15) is 23.4 Å². The summed E-state index contributed by atoms with van der Waals surface area (Å²) >= 11 is 0. The molecule has 0 spiro atoms. The van der Waals surface area contributed by atoms with Crippen LogP contribution in [0.15, 0.2) is 46.0 Å². The topological polar surface area (TPSA) is 104 Å². The Morgan fingerprint density at radius 3 is 2.40 bits per heavy atom. The number of aromatic nitrogens is 5. The van der Waals surface area contributed by atoms with E-state index >= 15 is 0 Å². The lowest BCUT2D eigenvalue weighted by atomic mass is 9.81. The highest BCUT2D eigenvalue weighted by atomic mass is 19.1. The molecule has 0 radical (unpaired) electrons. The largest absolute Gasteiger partial charge is 0.474 e. The first kappa shape index (κ1) is 27.7. The number of aliphatic hydroxyl groups is 1. The van der Waals surface area contributed by atoms with Crippen LogP contribution < -0.4 is 16.0 Å². The predicted molar refractivity (Wildman–Crippen MR) is 147 cm³/mol. The van der Waals surface area contributed by atoms with Crippen LogP contribution in [0.2, 0.25) is 0 Å². The molecule has 0 bridgehead atoms. The number of rotatable bonds is 9. The molecule has 0 saturated heterocycles. The molecule has 1 aliphatic carbocycles. The molecule has 1 saturated carbocycles. The Labute approximate surface area is 229 Å². The molecule has 1 N–H and O–H groups in total. The smallest absolute Gasteiger partial charge is 0.332 e. The second-order valence-electron chi connectivity index (χ2n) is 10.9. The first-order chi connectivity index (χ1) is 19.0. The highest BCUT2D eigenvalue weighted by Gasteiger charge is 2.42. The van der Waals surface area contributed by atoms with Crippen molar-refractivity contribution < 1.29 is 18.6 Å². The number of nitrogens with zero attached hydrogens (tertiary/aromatic N) is 5. The SMILES string of the molecule is Cc1nc(OC2CC(C)(F)C2)ccc1-c1nc2c(c(=O)n(CCCO)c(=O)n2C(C)C)n1Cc1ccc(F)cc1. The first-order valence-electron chi connectivity index (χ1n) is 13.4. The lowest BCUT2D eigenvalue weighted by Gasteiger charge is -2.38. The van der Waals surface area contributed by atoms with E-state index in [2.05, 4.69) is 4.98 Å². The molecule has 5 rings (SSSR count). The van der Waals surface area contributed by atoms with Crippen LogP contribution in [0, 0.1) is 12.7 Å². The maximum atomic E-state index is 13.9. The number of aryl methyl sites for hydroxylation is 1. The van der Waals surface area contributed by atoms with Crippen LogP contribution in [-0.4, -0.2) is 47.2 Å². The van der Waals surface area contributed by atoms with E-state index in [-0.39, 0.29) is 55.2 Å². The number of aliphatic hydroxyl groups excluding tert-OH is 1. The van der Waals surface area contributed by atoms with E-state index in [0.717, 1.165) is 10.1 Å². The molecule has 0 atom stereocenters. The van der Waals surface area contributed by atoms with Gasteiger partial charge < -0.3 is 14.4 Å². The molecule has 11 heteroatoms. The van der Waals surface area contributed by atoms with E-state index in [9.17, 15) is 23.5 Å². The van der Waals surface area contributed by atoms with E-state index in [0.29, 0.717) is 35.8 Å². The number of ether oxygens (including phenoxy) is 1. The van der Waals surface area contributed by atoms with Gasteiger partial charge in [-0.15, -0.1) is 0 Å². The molecule has 1 fully saturated rings. The van der Waals surface area contributed by atoms with Gasteiger partial charge >= 0.3 is 5.69 Å². The van der Waals surface area contributed by atoms with Gasteiger partial charge in [0, 0.05) is 50.2 Å². The Morgan fingerprint density at radius 2 is 1.80 bits per heavy atom. The maximum absolute atomic E-state index is 13.9. The molecule has 40 heavy (non-hydrogen) atoms. The fourth-order valence-electron chi connectivity index (χ4n) is 5.26. The van der Waals surface area contributed by atoms with Crippen molar-refractivity contribution in [2.75, 3.05) is 6.61 Å². The van der Waals surface area contributed by atoms with Gasteiger partial charge in [-0.3, -0.25) is 13.9 Å². The van der Waals surface area contributed by atoms with Gasteiger partial charge in [-0.1, -0.05) is 12.1 Å². The fourth-order valence-corrected chi connectivity index (χ4v) is 5.26. The van der Waals surface area contributed by atoms with Gasteiger partial charge in [-0.05, 0) is 57.9 Å². The van der Waals surface area contributed by atoms with Crippen LogP contribution in [0.1, 0.15) is 57.3 Å². The highest BCUT2D eigenvalue weighted by molar-refractivity contribution is 5.78. The van der Waals surface area contributed by atoms with Crippen LogP contribution in [-0.2, 0) is 13.1 Å². The third-order valence-corrected chi connectivity index (χ3v) is 7.27. The minimum Gasteiger partial charge on any atom is -0.474 e. The van der Waals surface area contributed by atoms with E-state index < -0.39 is 16.9 Å². The summed E-state index contributed by atoms with van der Waals surface area (Å²) in [4.78, 5) is 36.6. The molecule has 212 valence electrons. The van der Waals surface area contributed by atoms with E-state index in [4.69, 9.17) is 9.72 Å². The first-order valence-corrected chi connectivity index (χ1v) is 13.4. The van der Waals surface area contributed by atoms with Crippen molar-refractivity contribution in [3.63, 3.8) is 0 Å². The lowest BCUT2D eigenvalue weighted by Crippen LogP contribution is -2.44. The molecule has 9 nitrogen and oxygen atoms in total. The van der Waals surface area contributed by atoms with Gasteiger partial charge in [0.2, 0.25) is 5.88 Å². The van der Waals surface area contributed by atoms with Gasteiger partial charge in [0.15, 0.2) is 11.2 Å². The van der Waals surface area contributed by atoms with E-state index in [1.807, 2.05) is 13.8 Å². The summed E-state index contributed by atoms with van der Waals surface area (Å²) < 4.78 is 37.8. The summed E-state index contributed by atoms with van der Waals surface area (Å²) in [6.45, 7) is 7.08. The quantitative estimate of drug-likeness (QED) is 0.334. The zero-order valence-electron chi connectivity index (χ0n) is 23.0. The number of halogens is 2. The number of hydrogen-bond acceptors (Lipinski definition) is 6. The van der Waals surface area contributed by atoms with Crippen LogP contribution in [0.5, 0.6) is 5.88 Å². The van der Waals surface area contributed by atoms with E-state index in [1.54, 1.807) is 42.7 Å². The molecule has 0 unspecified atom stereocenters. The summed E-state index contributed by atoms with van der Waals surface area (Å²) in [5.41, 5.74) is 0.152. The number of alkyl halides is 1. The fraction of sp³-hybridized carbons (Fsp3) is 0.448. The molecular weight excluding hydrogens is 520 g/mol. The average Bonchev–Trinajstić information content (AvgIpc) is 3.22. The Morgan fingerprint density at radius 1 is 1.10 bits per heavy atom. The average molecular weight is 554 g/mol. The van der Waals surface area contributed by atoms with Crippen molar-refractivity contribution in [2.24, 2.45) is 0 Å². The summed E-state index contributed by atoms with van der Waals surface area (Å²) in [5.74, 6) is 0.407. The molecule has 1 aliphatic rings. The summed E-state index contributed by atoms with van der Waals surface area (Å²) in [7, 11) is 0. The van der Waals surface area contributed by atoms with Gasteiger partial charge in [-0.2, -0.15) is 0 Å².